The SMILES string of the molecule is Cc1ccc(NC(=O)CN(C)C(C)c2cccs2)c(Br)c1. The van der Waals surface area contributed by atoms with Gasteiger partial charge >= 0.3 is 0 Å². The number of aryl methyl sites for hydroxylation is 1. The second kappa shape index (κ2) is 7.20. The maximum atomic E-state index is 12.2. The lowest BCUT2D eigenvalue weighted by molar-refractivity contribution is -0.117. The fourth-order valence-electron chi connectivity index (χ4n) is 2.02. The lowest BCUT2D eigenvalue weighted by Gasteiger charge is -2.23. The van der Waals surface area contributed by atoms with E-state index in [0.717, 1.165) is 15.7 Å². The van der Waals surface area contributed by atoms with Gasteiger partial charge in [-0.2, -0.15) is 0 Å². The van der Waals surface area contributed by atoms with Gasteiger partial charge in [0.15, 0.2) is 0 Å². The third kappa shape index (κ3) is 4.40. The van der Waals surface area contributed by atoms with Gasteiger partial charge in [-0.25, -0.2) is 0 Å². The van der Waals surface area contributed by atoms with Gasteiger partial charge in [-0.05, 0) is 66.0 Å². The Labute approximate surface area is 138 Å². The Bertz CT molecular complexity index is 613. The third-order valence-electron chi connectivity index (χ3n) is 3.41. The molecule has 0 bridgehead atoms. The Morgan fingerprint density at radius 3 is 2.81 bits per heavy atom. The molecule has 112 valence electrons. The van der Waals surface area contributed by atoms with Crippen molar-refractivity contribution in [3.05, 3.63) is 50.6 Å². The molecule has 1 heterocycles. The molecule has 1 atom stereocenters. The molecule has 3 nitrogen and oxygen atoms in total. The zero-order valence-corrected chi connectivity index (χ0v) is 14.8. The fraction of sp³-hybridized carbons (Fsp3) is 0.312. The van der Waals surface area contributed by atoms with Crippen LogP contribution in [0.1, 0.15) is 23.4 Å². The molecule has 1 N–H and O–H groups in total. The summed E-state index contributed by atoms with van der Waals surface area (Å²) < 4.78 is 0.907. The first-order valence-electron chi connectivity index (χ1n) is 6.77. The van der Waals surface area contributed by atoms with E-state index < -0.39 is 0 Å². The number of anilines is 1. The van der Waals surface area contributed by atoms with E-state index in [2.05, 4.69) is 39.6 Å². The van der Waals surface area contributed by atoms with Crippen molar-refractivity contribution in [3.8, 4) is 0 Å². The molecule has 0 aliphatic heterocycles. The van der Waals surface area contributed by atoms with E-state index in [1.807, 2.05) is 43.1 Å². The monoisotopic (exact) mass is 366 g/mol. The minimum atomic E-state index is -0.00883. The molecule has 2 rings (SSSR count). The molecular formula is C16H19BrN2OS. The lowest BCUT2D eigenvalue weighted by atomic mass is 10.2. The van der Waals surface area contributed by atoms with E-state index in [0.29, 0.717) is 6.54 Å². The molecule has 0 fully saturated rings. The first-order chi connectivity index (χ1) is 9.97. The highest BCUT2D eigenvalue weighted by atomic mass is 79.9. The van der Waals surface area contributed by atoms with E-state index in [-0.39, 0.29) is 11.9 Å². The van der Waals surface area contributed by atoms with Crippen LogP contribution in [0.15, 0.2) is 40.2 Å². The number of halogens is 1. The van der Waals surface area contributed by atoms with Crippen LogP contribution in [0.5, 0.6) is 0 Å². The van der Waals surface area contributed by atoms with Gasteiger partial charge in [-0.3, -0.25) is 9.69 Å². The van der Waals surface area contributed by atoms with Crippen molar-refractivity contribution in [3.63, 3.8) is 0 Å². The average Bonchev–Trinajstić information content (AvgIpc) is 2.95. The molecule has 1 aromatic carbocycles. The lowest BCUT2D eigenvalue weighted by Crippen LogP contribution is -2.32. The second-order valence-electron chi connectivity index (χ2n) is 5.14. The molecule has 0 saturated heterocycles. The predicted octanol–water partition coefficient (Wildman–Crippen LogP) is 4.45. The van der Waals surface area contributed by atoms with Crippen LogP contribution in [-0.2, 0) is 4.79 Å². The van der Waals surface area contributed by atoms with Gasteiger partial charge in [0, 0.05) is 15.4 Å². The van der Waals surface area contributed by atoms with Gasteiger partial charge < -0.3 is 5.32 Å². The summed E-state index contributed by atoms with van der Waals surface area (Å²) in [4.78, 5) is 15.5. The number of hydrogen-bond donors (Lipinski definition) is 1. The van der Waals surface area contributed by atoms with Gasteiger partial charge in [0.25, 0.3) is 0 Å². The Kier molecular flexibility index (Phi) is 5.56. The van der Waals surface area contributed by atoms with Crippen LogP contribution in [0.25, 0.3) is 0 Å². The molecule has 0 aliphatic rings. The van der Waals surface area contributed by atoms with Crippen LogP contribution in [-0.4, -0.2) is 24.4 Å². The molecule has 0 spiro atoms. The summed E-state index contributed by atoms with van der Waals surface area (Å²) in [6.45, 7) is 4.49. The molecule has 1 aromatic heterocycles. The molecule has 0 radical (unpaired) electrons. The average molecular weight is 367 g/mol. The number of carbonyl (C=O) groups is 1. The summed E-state index contributed by atoms with van der Waals surface area (Å²) >= 11 is 5.19. The highest BCUT2D eigenvalue weighted by Gasteiger charge is 2.16. The summed E-state index contributed by atoms with van der Waals surface area (Å²) in [5, 5.41) is 5.00. The van der Waals surface area contributed by atoms with E-state index in [4.69, 9.17) is 0 Å². The smallest absolute Gasteiger partial charge is 0.238 e. The summed E-state index contributed by atoms with van der Waals surface area (Å²) in [6, 6.07) is 10.3. The third-order valence-corrected chi connectivity index (χ3v) is 5.11. The molecule has 1 unspecified atom stereocenters. The Morgan fingerprint density at radius 2 is 2.19 bits per heavy atom. The second-order valence-corrected chi connectivity index (χ2v) is 6.97. The van der Waals surface area contributed by atoms with Crippen molar-refractivity contribution in [2.75, 3.05) is 18.9 Å². The minimum Gasteiger partial charge on any atom is -0.324 e. The number of benzene rings is 1. The highest BCUT2D eigenvalue weighted by molar-refractivity contribution is 9.10. The Morgan fingerprint density at radius 1 is 1.43 bits per heavy atom. The molecular weight excluding hydrogens is 348 g/mol. The quantitative estimate of drug-likeness (QED) is 0.847. The van der Waals surface area contributed by atoms with Crippen molar-refractivity contribution in [2.45, 2.75) is 19.9 Å². The minimum absolute atomic E-state index is 0.00883. The maximum absolute atomic E-state index is 12.2. The number of likely N-dealkylation sites (N-methyl/N-ethyl adjacent to an activating group) is 1. The van der Waals surface area contributed by atoms with Gasteiger partial charge in [0.05, 0.1) is 12.2 Å². The number of nitrogens with one attached hydrogen (secondary N) is 1. The number of nitrogens with zero attached hydrogens (tertiary/aromatic N) is 1. The standard InChI is InChI=1S/C16H19BrN2OS/c1-11-6-7-14(13(17)9-11)18-16(20)10-19(3)12(2)15-5-4-8-21-15/h4-9,12H,10H2,1-3H3,(H,18,20). The van der Waals surface area contributed by atoms with E-state index in [1.54, 1.807) is 11.3 Å². The normalized spacial score (nSPS) is 12.4. The fourth-order valence-corrected chi connectivity index (χ4v) is 3.46. The van der Waals surface area contributed by atoms with E-state index >= 15 is 0 Å². The first-order valence-corrected chi connectivity index (χ1v) is 8.44. The highest BCUT2D eigenvalue weighted by Crippen LogP contribution is 2.25. The maximum Gasteiger partial charge on any atom is 0.238 e. The number of thiophene rings is 1. The number of hydrogen-bond acceptors (Lipinski definition) is 3. The van der Waals surface area contributed by atoms with Crippen molar-refractivity contribution < 1.29 is 4.79 Å². The topological polar surface area (TPSA) is 32.3 Å². The first kappa shape index (κ1) is 16.2. The zero-order valence-electron chi connectivity index (χ0n) is 12.4. The molecule has 21 heavy (non-hydrogen) atoms. The van der Waals surface area contributed by atoms with Gasteiger partial charge in [0.1, 0.15) is 0 Å². The molecule has 1 amide bonds. The summed E-state index contributed by atoms with van der Waals surface area (Å²) in [5.41, 5.74) is 1.96. The van der Waals surface area contributed by atoms with Crippen LogP contribution in [0, 0.1) is 6.92 Å². The van der Waals surface area contributed by atoms with Gasteiger partial charge in [-0.1, -0.05) is 12.1 Å². The van der Waals surface area contributed by atoms with Crippen LogP contribution < -0.4 is 5.32 Å². The van der Waals surface area contributed by atoms with Crippen LogP contribution >= 0.6 is 27.3 Å². The molecule has 5 heteroatoms. The van der Waals surface area contributed by atoms with Crippen molar-refractivity contribution in [2.24, 2.45) is 0 Å². The largest absolute Gasteiger partial charge is 0.324 e. The van der Waals surface area contributed by atoms with Crippen LogP contribution in [0.4, 0.5) is 5.69 Å². The van der Waals surface area contributed by atoms with Crippen molar-refractivity contribution in [1.82, 2.24) is 4.90 Å². The predicted molar refractivity (Wildman–Crippen MR) is 92.9 cm³/mol. The van der Waals surface area contributed by atoms with Gasteiger partial charge in [-0.15, -0.1) is 11.3 Å². The van der Waals surface area contributed by atoms with Crippen LogP contribution in [0.2, 0.25) is 0 Å². The Hall–Kier alpha value is -1.17. The zero-order chi connectivity index (χ0) is 15.4. The summed E-state index contributed by atoms with van der Waals surface area (Å²) in [5.74, 6) is -0.00883. The number of rotatable bonds is 5. The van der Waals surface area contributed by atoms with Gasteiger partial charge in [0.2, 0.25) is 5.91 Å². The van der Waals surface area contributed by atoms with Crippen LogP contribution in [0.3, 0.4) is 0 Å². The molecule has 2 aromatic rings. The van der Waals surface area contributed by atoms with E-state index in [9.17, 15) is 4.79 Å². The van der Waals surface area contributed by atoms with Crippen molar-refractivity contribution in [1.29, 1.82) is 0 Å². The van der Waals surface area contributed by atoms with E-state index in [1.165, 1.54) is 4.88 Å². The molecule has 0 saturated carbocycles. The molecule has 0 aliphatic carbocycles. The Balaban J connectivity index is 1.95. The summed E-state index contributed by atoms with van der Waals surface area (Å²) in [7, 11) is 1.97. The number of amides is 1. The number of carbonyl (C=O) groups excluding carboxylic acids is 1. The summed E-state index contributed by atoms with van der Waals surface area (Å²) in [6.07, 6.45) is 0. The van der Waals surface area contributed by atoms with Crippen molar-refractivity contribution >= 4 is 38.9 Å².